The zero-order valence-corrected chi connectivity index (χ0v) is 9.26. The van der Waals surface area contributed by atoms with Crippen LogP contribution >= 0.6 is 0 Å². The molecule has 0 atom stereocenters. The summed E-state index contributed by atoms with van der Waals surface area (Å²) in [5.74, 6) is 3.23. The Kier molecular flexibility index (Phi) is 4.11. The number of aromatic amines is 1. The highest BCUT2D eigenvalue weighted by atomic mass is 16.1. The molecule has 0 saturated carbocycles. The van der Waals surface area contributed by atoms with Gasteiger partial charge >= 0.3 is 0 Å². The number of H-pyrrole nitrogens is 1. The Morgan fingerprint density at radius 1 is 1.53 bits per heavy atom. The van der Waals surface area contributed by atoms with Crippen LogP contribution in [0.25, 0.3) is 0 Å². The summed E-state index contributed by atoms with van der Waals surface area (Å²) in [6.07, 6.45) is 8.49. The Bertz CT molecular complexity index is 426. The highest BCUT2D eigenvalue weighted by Crippen LogP contribution is 2.02. The summed E-state index contributed by atoms with van der Waals surface area (Å²) in [4.78, 5) is 18.7. The summed E-state index contributed by atoms with van der Waals surface area (Å²) in [5, 5.41) is 0. The second-order valence-electron chi connectivity index (χ2n) is 3.56. The van der Waals surface area contributed by atoms with Gasteiger partial charge in [-0.15, -0.1) is 12.3 Å². The van der Waals surface area contributed by atoms with Crippen molar-refractivity contribution < 1.29 is 0 Å². The van der Waals surface area contributed by atoms with E-state index in [4.69, 9.17) is 6.42 Å². The molecule has 0 aliphatic carbocycles. The third-order valence-electron chi connectivity index (χ3n) is 2.32. The van der Waals surface area contributed by atoms with Crippen molar-refractivity contribution in [2.24, 2.45) is 0 Å². The zero-order valence-electron chi connectivity index (χ0n) is 9.26. The second-order valence-corrected chi connectivity index (χ2v) is 3.56. The van der Waals surface area contributed by atoms with Crippen molar-refractivity contribution in [1.82, 2.24) is 9.97 Å². The topological polar surface area (TPSA) is 45.8 Å². The van der Waals surface area contributed by atoms with Crippen LogP contribution in [0.5, 0.6) is 0 Å². The first-order valence-electron chi connectivity index (χ1n) is 5.21. The molecule has 0 spiro atoms. The Morgan fingerprint density at radius 3 is 2.80 bits per heavy atom. The van der Waals surface area contributed by atoms with Crippen molar-refractivity contribution in [3.05, 3.63) is 27.4 Å². The molecule has 1 aromatic heterocycles. The number of aromatic nitrogens is 2. The van der Waals surface area contributed by atoms with E-state index in [9.17, 15) is 4.79 Å². The van der Waals surface area contributed by atoms with Crippen molar-refractivity contribution in [1.29, 1.82) is 0 Å². The molecular formula is C12H16N2O. The first-order valence-corrected chi connectivity index (χ1v) is 5.21. The number of terminal acetylenes is 1. The molecule has 3 nitrogen and oxygen atoms in total. The number of hydrogen-bond acceptors (Lipinski definition) is 2. The quantitative estimate of drug-likeness (QED) is 0.757. The average Bonchev–Trinajstić information content (AvgIpc) is 2.20. The normalized spacial score (nSPS) is 9.93. The van der Waals surface area contributed by atoms with Gasteiger partial charge in [-0.2, -0.15) is 0 Å². The molecule has 1 N–H and O–H groups in total. The van der Waals surface area contributed by atoms with E-state index >= 15 is 0 Å². The molecule has 0 aromatic carbocycles. The monoisotopic (exact) mass is 204 g/mol. The maximum absolute atomic E-state index is 11.6. The lowest BCUT2D eigenvalue weighted by Crippen LogP contribution is -2.18. The molecule has 1 aromatic rings. The van der Waals surface area contributed by atoms with Gasteiger partial charge in [0.2, 0.25) is 0 Å². The van der Waals surface area contributed by atoms with Crippen molar-refractivity contribution in [2.75, 3.05) is 0 Å². The average molecular weight is 204 g/mol. The fourth-order valence-corrected chi connectivity index (χ4v) is 1.44. The summed E-state index contributed by atoms with van der Waals surface area (Å²) in [6.45, 7) is 3.94. The molecule has 0 unspecified atom stereocenters. The lowest BCUT2D eigenvalue weighted by Gasteiger charge is -2.04. The van der Waals surface area contributed by atoms with E-state index in [2.05, 4.69) is 22.8 Å². The van der Waals surface area contributed by atoms with E-state index in [0.29, 0.717) is 12.0 Å². The lowest BCUT2D eigenvalue weighted by molar-refractivity contribution is 0.739. The van der Waals surface area contributed by atoms with E-state index < -0.39 is 0 Å². The molecule has 0 radical (unpaired) electrons. The van der Waals surface area contributed by atoms with Crippen molar-refractivity contribution in [2.45, 2.75) is 39.5 Å². The van der Waals surface area contributed by atoms with Gasteiger partial charge in [-0.3, -0.25) is 4.79 Å². The molecule has 0 aliphatic rings. The predicted octanol–water partition coefficient (Wildman–Crippen LogP) is 1.60. The summed E-state index contributed by atoms with van der Waals surface area (Å²) >= 11 is 0. The highest BCUT2D eigenvalue weighted by molar-refractivity contribution is 5.21. The number of aryl methyl sites for hydroxylation is 2. The first-order chi connectivity index (χ1) is 7.19. The lowest BCUT2D eigenvalue weighted by atomic mass is 10.1. The van der Waals surface area contributed by atoms with Gasteiger partial charge in [-0.25, -0.2) is 4.98 Å². The van der Waals surface area contributed by atoms with E-state index in [1.54, 1.807) is 0 Å². The molecule has 15 heavy (non-hydrogen) atoms. The van der Waals surface area contributed by atoms with Crippen molar-refractivity contribution in [3.63, 3.8) is 0 Å². The Labute approximate surface area is 90.0 Å². The summed E-state index contributed by atoms with van der Waals surface area (Å²) < 4.78 is 0. The smallest absolute Gasteiger partial charge is 0.255 e. The highest BCUT2D eigenvalue weighted by Gasteiger charge is 2.06. The van der Waals surface area contributed by atoms with E-state index in [1.807, 2.05) is 6.92 Å². The fraction of sp³-hybridized carbons (Fsp3) is 0.500. The van der Waals surface area contributed by atoms with Crippen LogP contribution in [0.1, 0.15) is 36.8 Å². The molecular weight excluding hydrogens is 188 g/mol. The third kappa shape index (κ3) is 2.95. The Hall–Kier alpha value is -1.56. The number of hydrogen-bond donors (Lipinski definition) is 1. The van der Waals surface area contributed by atoms with Gasteiger partial charge in [-0.1, -0.05) is 13.3 Å². The van der Waals surface area contributed by atoms with E-state index in [0.717, 1.165) is 30.8 Å². The summed E-state index contributed by atoms with van der Waals surface area (Å²) in [7, 11) is 0. The molecule has 1 rings (SSSR count). The van der Waals surface area contributed by atoms with Crippen molar-refractivity contribution >= 4 is 0 Å². The van der Waals surface area contributed by atoms with Gasteiger partial charge in [0.1, 0.15) is 5.82 Å². The number of nitrogens with one attached hydrogen (secondary N) is 1. The molecule has 0 saturated heterocycles. The minimum absolute atomic E-state index is 0.0912. The molecule has 80 valence electrons. The number of unbranched alkanes of at least 4 members (excludes halogenated alkanes) is 1. The largest absolute Gasteiger partial charge is 0.310 e. The van der Waals surface area contributed by atoms with Gasteiger partial charge in [0.05, 0.1) is 5.56 Å². The molecule has 0 bridgehead atoms. The second kappa shape index (κ2) is 5.35. The van der Waals surface area contributed by atoms with Gasteiger partial charge in [0.15, 0.2) is 0 Å². The molecule has 0 aliphatic heterocycles. The molecule has 0 amide bonds. The van der Waals surface area contributed by atoms with E-state index in [-0.39, 0.29) is 5.56 Å². The third-order valence-corrected chi connectivity index (χ3v) is 2.32. The molecule has 1 heterocycles. The Morgan fingerprint density at radius 2 is 2.27 bits per heavy atom. The van der Waals surface area contributed by atoms with Crippen LogP contribution in [0.2, 0.25) is 0 Å². The summed E-state index contributed by atoms with van der Waals surface area (Å²) in [6, 6.07) is 0. The van der Waals surface area contributed by atoms with Gasteiger partial charge in [0.25, 0.3) is 5.56 Å². The van der Waals surface area contributed by atoms with Crippen LogP contribution in [-0.2, 0) is 12.8 Å². The zero-order chi connectivity index (χ0) is 11.3. The van der Waals surface area contributed by atoms with Gasteiger partial charge < -0.3 is 4.98 Å². The van der Waals surface area contributed by atoms with Crippen molar-refractivity contribution in [3.8, 4) is 12.3 Å². The standard InChI is InChI=1S/C12H16N2O/c1-4-6-8-11-13-9(3)10(7-5-2)12(15)14-11/h2H,4,6-8H2,1,3H3,(H,13,14,15). The fourth-order valence-electron chi connectivity index (χ4n) is 1.44. The number of nitrogens with zero attached hydrogens (tertiary/aromatic N) is 1. The van der Waals surface area contributed by atoms with Crippen LogP contribution in [0.4, 0.5) is 0 Å². The van der Waals surface area contributed by atoms with E-state index in [1.165, 1.54) is 0 Å². The minimum Gasteiger partial charge on any atom is -0.310 e. The molecule has 3 heteroatoms. The van der Waals surface area contributed by atoms with Crippen LogP contribution in [0.15, 0.2) is 4.79 Å². The van der Waals surface area contributed by atoms with Crippen LogP contribution in [0.3, 0.4) is 0 Å². The predicted molar refractivity (Wildman–Crippen MR) is 60.7 cm³/mol. The van der Waals surface area contributed by atoms with Crippen LogP contribution < -0.4 is 5.56 Å². The van der Waals surface area contributed by atoms with Crippen LogP contribution in [-0.4, -0.2) is 9.97 Å². The number of rotatable bonds is 4. The maximum Gasteiger partial charge on any atom is 0.255 e. The first kappa shape index (κ1) is 11.5. The summed E-state index contributed by atoms with van der Waals surface area (Å²) in [5.41, 5.74) is 1.27. The molecule has 0 fully saturated rings. The van der Waals surface area contributed by atoms with Crippen LogP contribution in [0, 0.1) is 19.3 Å². The SMILES string of the molecule is C#CCc1c(C)nc(CCCC)[nH]c1=O. The van der Waals surface area contributed by atoms with Gasteiger partial charge in [-0.05, 0) is 13.3 Å². The Balaban J connectivity index is 2.99. The minimum atomic E-state index is -0.0912. The van der Waals surface area contributed by atoms with Gasteiger partial charge in [0, 0.05) is 18.5 Å². The maximum atomic E-state index is 11.6.